The lowest BCUT2D eigenvalue weighted by Crippen LogP contribution is -2.17. The molecule has 0 saturated carbocycles. The van der Waals surface area contributed by atoms with Gasteiger partial charge in [0.15, 0.2) is 5.13 Å². The first-order valence-electron chi connectivity index (χ1n) is 5.98. The molecular formula is C14H9F3N2OS. The van der Waals surface area contributed by atoms with E-state index in [9.17, 15) is 13.2 Å². The van der Waals surface area contributed by atoms with Crippen molar-refractivity contribution in [3.05, 3.63) is 48.5 Å². The van der Waals surface area contributed by atoms with E-state index in [-0.39, 0.29) is 5.75 Å². The zero-order chi connectivity index (χ0) is 14.9. The van der Waals surface area contributed by atoms with E-state index in [2.05, 4.69) is 15.0 Å². The van der Waals surface area contributed by atoms with Gasteiger partial charge >= 0.3 is 6.36 Å². The Morgan fingerprint density at radius 2 is 1.86 bits per heavy atom. The zero-order valence-corrected chi connectivity index (χ0v) is 11.3. The number of para-hydroxylation sites is 1. The summed E-state index contributed by atoms with van der Waals surface area (Å²) in [6.45, 7) is 0. The van der Waals surface area contributed by atoms with Crippen molar-refractivity contribution in [1.29, 1.82) is 0 Å². The summed E-state index contributed by atoms with van der Waals surface area (Å²) in [5.74, 6) is -0.270. The Morgan fingerprint density at radius 1 is 1.05 bits per heavy atom. The molecule has 0 atom stereocenters. The number of benzene rings is 2. The molecule has 2 aromatic carbocycles. The van der Waals surface area contributed by atoms with Crippen LogP contribution >= 0.6 is 11.3 Å². The lowest BCUT2D eigenvalue weighted by molar-refractivity contribution is -0.274. The molecule has 0 aliphatic rings. The summed E-state index contributed by atoms with van der Waals surface area (Å²) < 4.78 is 41.4. The van der Waals surface area contributed by atoms with E-state index in [1.54, 1.807) is 6.07 Å². The fourth-order valence-electron chi connectivity index (χ4n) is 1.82. The van der Waals surface area contributed by atoms with Crippen molar-refractivity contribution in [3.8, 4) is 5.75 Å². The van der Waals surface area contributed by atoms with Gasteiger partial charge in [0, 0.05) is 11.8 Å². The van der Waals surface area contributed by atoms with Crippen molar-refractivity contribution in [2.75, 3.05) is 5.32 Å². The predicted octanol–water partition coefficient (Wildman–Crippen LogP) is 4.94. The molecule has 0 fully saturated rings. The van der Waals surface area contributed by atoms with Crippen molar-refractivity contribution in [2.45, 2.75) is 6.36 Å². The van der Waals surface area contributed by atoms with Gasteiger partial charge < -0.3 is 10.1 Å². The van der Waals surface area contributed by atoms with E-state index in [0.29, 0.717) is 10.8 Å². The molecule has 0 radical (unpaired) electrons. The van der Waals surface area contributed by atoms with Gasteiger partial charge in [0.05, 0.1) is 10.2 Å². The Morgan fingerprint density at radius 3 is 2.62 bits per heavy atom. The van der Waals surface area contributed by atoms with Crippen LogP contribution in [0.25, 0.3) is 10.2 Å². The second-order valence-corrected chi connectivity index (χ2v) is 5.22. The van der Waals surface area contributed by atoms with Gasteiger partial charge in [0.2, 0.25) is 0 Å². The van der Waals surface area contributed by atoms with E-state index < -0.39 is 6.36 Å². The minimum Gasteiger partial charge on any atom is -0.406 e. The van der Waals surface area contributed by atoms with Gasteiger partial charge in [-0.05, 0) is 24.3 Å². The largest absolute Gasteiger partial charge is 0.573 e. The summed E-state index contributed by atoms with van der Waals surface area (Å²) in [6, 6.07) is 13.2. The number of nitrogens with one attached hydrogen (secondary N) is 1. The quantitative estimate of drug-likeness (QED) is 0.744. The summed E-state index contributed by atoms with van der Waals surface area (Å²) in [7, 11) is 0. The summed E-state index contributed by atoms with van der Waals surface area (Å²) >= 11 is 1.43. The topological polar surface area (TPSA) is 34.1 Å². The minimum atomic E-state index is -4.70. The normalized spacial score (nSPS) is 11.6. The first kappa shape index (κ1) is 13.7. The van der Waals surface area contributed by atoms with E-state index in [4.69, 9.17) is 0 Å². The molecule has 0 aliphatic carbocycles. The number of aromatic nitrogens is 1. The van der Waals surface area contributed by atoms with E-state index in [1.807, 2.05) is 24.3 Å². The van der Waals surface area contributed by atoms with Gasteiger partial charge in [-0.2, -0.15) is 0 Å². The fourth-order valence-corrected chi connectivity index (χ4v) is 2.71. The van der Waals surface area contributed by atoms with Crippen LogP contribution in [-0.4, -0.2) is 11.3 Å². The lowest BCUT2D eigenvalue weighted by Gasteiger charge is -2.10. The second kappa shape index (κ2) is 5.25. The molecule has 3 nitrogen and oxygen atoms in total. The van der Waals surface area contributed by atoms with Crippen LogP contribution in [0.4, 0.5) is 24.0 Å². The Hall–Kier alpha value is -2.28. The van der Waals surface area contributed by atoms with Gasteiger partial charge in [-0.1, -0.05) is 29.5 Å². The molecule has 0 amide bonds. The Bertz CT molecular complexity index is 737. The maximum Gasteiger partial charge on any atom is 0.573 e. The van der Waals surface area contributed by atoms with Crippen LogP contribution in [0.1, 0.15) is 0 Å². The van der Waals surface area contributed by atoms with Gasteiger partial charge in [-0.25, -0.2) is 4.98 Å². The number of alkyl halides is 3. The van der Waals surface area contributed by atoms with Gasteiger partial charge in [-0.3, -0.25) is 0 Å². The molecule has 0 unspecified atom stereocenters. The van der Waals surface area contributed by atoms with Crippen LogP contribution in [0.2, 0.25) is 0 Å². The number of rotatable bonds is 3. The highest BCUT2D eigenvalue weighted by atomic mass is 32.1. The van der Waals surface area contributed by atoms with Crippen LogP contribution in [0.3, 0.4) is 0 Å². The molecule has 1 N–H and O–H groups in total. The molecule has 7 heteroatoms. The average Bonchev–Trinajstić information content (AvgIpc) is 2.79. The zero-order valence-electron chi connectivity index (χ0n) is 10.5. The molecule has 1 aromatic heterocycles. The Labute approximate surface area is 122 Å². The standard InChI is InChI=1S/C14H9F3N2OS/c15-14(16,17)20-10-5-3-4-9(8-10)18-13-19-11-6-1-2-7-12(11)21-13/h1-8H,(H,18,19). The summed E-state index contributed by atoms with van der Waals surface area (Å²) in [5, 5.41) is 3.59. The van der Waals surface area contributed by atoms with Crippen LogP contribution in [0.5, 0.6) is 5.75 Å². The first-order chi connectivity index (χ1) is 9.99. The predicted molar refractivity (Wildman–Crippen MR) is 76.0 cm³/mol. The summed E-state index contributed by atoms with van der Waals surface area (Å²) in [4.78, 5) is 4.36. The number of anilines is 2. The molecule has 0 spiro atoms. The van der Waals surface area contributed by atoms with E-state index >= 15 is 0 Å². The average molecular weight is 310 g/mol. The van der Waals surface area contributed by atoms with Crippen molar-refractivity contribution in [2.24, 2.45) is 0 Å². The molecule has 0 aliphatic heterocycles. The van der Waals surface area contributed by atoms with Crippen molar-refractivity contribution in [1.82, 2.24) is 4.98 Å². The maximum atomic E-state index is 12.2. The highest BCUT2D eigenvalue weighted by molar-refractivity contribution is 7.22. The van der Waals surface area contributed by atoms with Crippen molar-refractivity contribution >= 4 is 32.4 Å². The Balaban J connectivity index is 1.82. The van der Waals surface area contributed by atoms with Crippen LogP contribution in [0.15, 0.2) is 48.5 Å². The maximum absolute atomic E-state index is 12.2. The molecule has 108 valence electrons. The van der Waals surface area contributed by atoms with Gasteiger partial charge in [0.1, 0.15) is 5.75 Å². The highest BCUT2D eigenvalue weighted by Gasteiger charge is 2.31. The van der Waals surface area contributed by atoms with Crippen LogP contribution in [0, 0.1) is 0 Å². The number of halogens is 3. The number of nitrogens with zero attached hydrogens (tertiary/aromatic N) is 1. The Kier molecular flexibility index (Phi) is 3.42. The minimum absolute atomic E-state index is 0.270. The molecule has 21 heavy (non-hydrogen) atoms. The third-order valence-corrected chi connectivity index (χ3v) is 3.56. The van der Waals surface area contributed by atoms with Crippen LogP contribution < -0.4 is 10.1 Å². The van der Waals surface area contributed by atoms with Crippen LogP contribution in [-0.2, 0) is 0 Å². The number of fused-ring (bicyclic) bond motifs is 1. The smallest absolute Gasteiger partial charge is 0.406 e. The SMILES string of the molecule is FC(F)(F)Oc1cccc(Nc2nc3ccccc3s2)c1. The third-order valence-electron chi connectivity index (χ3n) is 2.61. The summed E-state index contributed by atoms with van der Waals surface area (Å²) in [5.41, 5.74) is 1.32. The summed E-state index contributed by atoms with van der Waals surface area (Å²) in [6.07, 6.45) is -4.70. The highest BCUT2D eigenvalue weighted by Crippen LogP contribution is 2.30. The number of thiazole rings is 1. The second-order valence-electron chi connectivity index (χ2n) is 4.19. The molecular weight excluding hydrogens is 301 g/mol. The van der Waals surface area contributed by atoms with E-state index in [1.165, 1.54) is 29.5 Å². The molecule has 1 heterocycles. The molecule has 0 bridgehead atoms. The van der Waals surface area contributed by atoms with Gasteiger partial charge in [0.25, 0.3) is 0 Å². The first-order valence-corrected chi connectivity index (χ1v) is 6.80. The lowest BCUT2D eigenvalue weighted by atomic mass is 10.3. The fraction of sp³-hybridized carbons (Fsp3) is 0.0714. The molecule has 0 saturated heterocycles. The molecule has 3 rings (SSSR count). The third kappa shape index (κ3) is 3.43. The monoisotopic (exact) mass is 310 g/mol. The van der Waals surface area contributed by atoms with Crippen molar-refractivity contribution < 1.29 is 17.9 Å². The van der Waals surface area contributed by atoms with E-state index in [0.717, 1.165) is 10.2 Å². The van der Waals surface area contributed by atoms with Crippen molar-refractivity contribution in [3.63, 3.8) is 0 Å². The van der Waals surface area contributed by atoms with Gasteiger partial charge in [-0.15, -0.1) is 13.2 Å². The number of ether oxygens (including phenoxy) is 1. The molecule has 3 aromatic rings. The number of hydrogen-bond acceptors (Lipinski definition) is 4. The number of hydrogen-bond donors (Lipinski definition) is 1.